The average molecular weight is 299 g/mol. The molecule has 5 heteroatoms. The van der Waals surface area contributed by atoms with Crippen molar-refractivity contribution in [1.29, 1.82) is 0 Å². The molecule has 1 atom stereocenters. The van der Waals surface area contributed by atoms with Crippen LogP contribution in [0.5, 0.6) is 0 Å². The van der Waals surface area contributed by atoms with Gasteiger partial charge in [-0.1, -0.05) is 24.3 Å². The number of fused-ring (bicyclic) bond motifs is 1. The number of carbonyl (C=O) groups excluding carboxylic acids is 1. The third kappa shape index (κ3) is 2.39. The molecule has 114 valence electrons. The maximum absolute atomic E-state index is 12.7. The van der Waals surface area contributed by atoms with Gasteiger partial charge in [-0.05, 0) is 36.6 Å². The number of aryl methyl sites for hydroxylation is 2. The number of carbonyl (C=O) groups is 2. The summed E-state index contributed by atoms with van der Waals surface area (Å²) in [6.07, 6.45) is 0.315. The van der Waals surface area contributed by atoms with Crippen LogP contribution in [-0.2, 0) is 17.8 Å². The van der Waals surface area contributed by atoms with E-state index >= 15 is 0 Å². The molecule has 0 radical (unpaired) electrons. The molecule has 0 saturated heterocycles. The molecule has 0 unspecified atom stereocenters. The minimum absolute atomic E-state index is 0.195. The lowest BCUT2D eigenvalue weighted by molar-refractivity contribution is -0.142. The number of nitrogens with zero attached hydrogens (tertiary/aromatic N) is 1. The van der Waals surface area contributed by atoms with Crippen LogP contribution in [-0.4, -0.2) is 27.9 Å². The first-order valence-corrected chi connectivity index (χ1v) is 7.15. The van der Waals surface area contributed by atoms with Crippen molar-refractivity contribution >= 4 is 11.9 Å². The summed E-state index contributed by atoms with van der Waals surface area (Å²) in [7, 11) is 0. The largest absolute Gasteiger partial charge is 0.480 e. The number of rotatable bonds is 2. The predicted molar refractivity (Wildman–Crippen MR) is 79.6 cm³/mol. The Morgan fingerprint density at radius 2 is 1.91 bits per heavy atom. The number of benzene rings is 1. The van der Waals surface area contributed by atoms with Gasteiger partial charge in [-0.25, -0.2) is 4.79 Å². The van der Waals surface area contributed by atoms with E-state index < -0.39 is 12.0 Å². The highest BCUT2D eigenvalue weighted by atomic mass is 16.4. The molecule has 1 aliphatic rings. The van der Waals surface area contributed by atoms with Gasteiger partial charge >= 0.3 is 5.97 Å². The first-order valence-electron chi connectivity index (χ1n) is 7.15. The van der Waals surface area contributed by atoms with Crippen molar-refractivity contribution in [1.82, 2.24) is 4.90 Å². The Kier molecular flexibility index (Phi) is 3.48. The fraction of sp³-hybridized carbons (Fsp3) is 0.294. The van der Waals surface area contributed by atoms with Gasteiger partial charge in [0.05, 0.1) is 0 Å². The van der Waals surface area contributed by atoms with E-state index in [4.69, 9.17) is 4.42 Å². The summed E-state index contributed by atoms with van der Waals surface area (Å²) in [6.45, 7) is 3.92. The molecule has 1 aliphatic heterocycles. The molecule has 2 aromatic rings. The number of carboxylic acid groups (broad SMARTS) is 1. The zero-order valence-electron chi connectivity index (χ0n) is 12.5. The van der Waals surface area contributed by atoms with Gasteiger partial charge in [0.15, 0.2) is 5.76 Å². The third-order valence-electron chi connectivity index (χ3n) is 4.17. The summed E-state index contributed by atoms with van der Waals surface area (Å²) in [5.41, 5.74) is 2.84. The van der Waals surface area contributed by atoms with Gasteiger partial charge in [0, 0.05) is 13.0 Å². The Morgan fingerprint density at radius 3 is 2.50 bits per heavy atom. The van der Waals surface area contributed by atoms with Crippen molar-refractivity contribution in [3.63, 3.8) is 0 Å². The van der Waals surface area contributed by atoms with Crippen LogP contribution in [0.2, 0.25) is 0 Å². The lowest BCUT2D eigenvalue weighted by Gasteiger charge is -2.33. The highest BCUT2D eigenvalue weighted by Gasteiger charge is 2.36. The molecule has 0 fully saturated rings. The first-order chi connectivity index (χ1) is 10.5. The van der Waals surface area contributed by atoms with Crippen LogP contribution in [0.4, 0.5) is 0 Å². The van der Waals surface area contributed by atoms with Gasteiger partial charge in [0.25, 0.3) is 5.91 Å². The molecule has 1 aromatic carbocycles. The van der Waals surface area contributed by atoms with E-state index in [2.05, 4.69) is 0 Å². The van der Waals surface area contributed by atoms with E-state index in [1.54, 1.807) is 13.0 Å². The molecule has 0 bridgehead atoms. The highest BCUT2D eigenvalue weighted by Crippen LogP contribution is 2.26. The standard InChI is InChI=1S/C17H17NO4/c1-10-7-15(22-11(10)2)16(19)18-9-13-6-4-3-5-12(13)8-14(18)17(20)21/h3-7,14H,8-9H2,1-2H3,(H,20,21)/t14-/m0/s1. The Morgan fingerprint density at radius 1 is 1.23 bits per heavy atom. The smallest absolute Gasteiger partial charge is 0.326 e. The molecule has 0 spiro atoms. The molecular formula is C17H17NO4. The number of carboxylic acids is 1. The van der Waals surface area contributed by atoms with Gasteiger partial charge < -0.3 is 14.4 Å². The number of amides is 1. The van der Waals surface area contributed by atoms with Crippen molar-refractivity contribution in [3.05, 3.63) is 58.5 Å². The Bertz CT molecular complexity index is 727. The van der Waals surface area contributed by atoms with Gasteiger partial charge in [0.2, 0.25) is 0 Å². The van der Waals surface area contributed by atoms with Crippen LogP contribution in [0, 0.1) is 13.8 Å². The van der Waals surface area contributed by atoms with Crippen molar-refractivity contribution in [2.75, 3.05) is 0 Å². The molecule has 0 aliphatic carbocycles. The van der Waals surface area contributed by atoms with Crippen LogP contribution >= 0.6 is 0 Å². The Hall–Kier alpha value is -2.56. The SMILES string of the molecule is Cc1cc(C(=O)N2Cc3ccccc3C[C@H]2C(=O)O)oc1C. The van der Waals surface area contributed by atoms with Gasteiger partial charge in [0.1, 0.15) is 11.8 Å². The topological polar surface area (TPSA) is 70.8 Å². The maximum Gasteiger partial charge on any atom is 0.326 e. The third-order valence-corrected chi connectivity index (χ3v) is 4.17. The molecule has 1 N–H and O–H groups in total. The fourth-order valence-electron chi connectivity index (χ4n) is 2.78. The van der Waals surface area contributed by atoms with E-state index in [0.29, 0.717) is 12.2 Å². The van der Waals surface area contributed by atoms with Crippen LogP contribution in [0.25, 0.3) is 0 Å². The van der Waals surface area contributed by atoms with Crippen LogP contribution in [0.3, 0.4) is 0 Å². The van der Waals surface area contributed by atoms with Gasteiger partial charge in [-0.3, -0.25) is 4.79 Å². The van der Waals surface area contributed by atoms with Crippen molar-refractivity contribution in [2.24, 2.45) is 0 Å². The molecular weight excluding hydrogens is 282 g/mol. The monoisotopic (exact) mass is 299 g/mol. The summed E-state index contributed by atoms with van der Waals surface area (Å²) < 4.78 is 5.46. The zero-order valence-corrected chi connectivity index (χ0v) is 12.5. The summed E-state index contributed by atoms with van der Waals surface area (Å²) in [5, 5.41) is 9.47. The molecule has 1 amide bonds. The van der Waals surface area contributed by atoms with Crippen molar-refractivity contribution < 1.29 is 19.1 Å². The second kappa shape index (κ2) is 5.33. The van der Waals surface area contributed by atoms with Gasteiger partial charge in [-0.2, -0.15) is 0 Å². The van der Waals surface area contributed by atoms with E-state index in [-0.39, 0.29) is 18.2 Å². The average Bonchev–Trinajstić information content (AvgIpc) is 2.84. The van der Waals surface area contributed by atoms with E-state index in [0.717, 1.165) is 16.7 Å². The molecule has 5 nitrogen and oxygen atoms in total. The molecule has 22 heavy (non-hydrogen) atoms. The lowest BCUT2D eigenvalue weighted by atomic mass is 9.94. The second-order valence-electron chi connectivity index (χ2n) is 5.61. The summed E-state index contributed by atoms with van der Waals surface area (Å²) >= 11 is 0. The van der Waals surface area contributed by atoms with E-state index in [9.17, 15) is 14.7 Å². The molecule has 3 rings (SSSR count). The van der Waals surface area contributed by atoms with Crippen LogP contribution in [0.15, 0.2) is 34.7 Å². The summed E-state index contributed by atoms with van der Waals surface area (Å²) in [4.78, 5) is 25.6. The van der Waals surface area contributed by atoms with E-state index in [1.807, 2.05) is 31.2 Å². The minimum atomic E-state index is -0.997. The number of furan rings is 1. The highest BCUT2D eigenvalue weighted by molar-refractivity contribution is 5.95. The Labute approximate surface area is 128 Å². The zero-order chi connectivity index (χ0) is 15.9. The maximum atomic E-state index is 12.7. The number of aliphatic carboxylic acids is 1. The minimum Gasteiger partial charge on any atom is -0.480 e. The quantitative estimate of drug-likeness (QED) is 0.925. The fourth-order valence-corrected chi connectivity index (χ4v) is 2.78. The first kappa shape index (κ1) is 14.4. The predicted octanol–water partition coefficient (Wildman–Crippen LogP) is 2.55. The second-order valence-corrected chi connectivity index (χ2v) is 5.61. The van der Waals surface area contributed by atoms with E-state index in [1.165, 1.54) is 4.90 Å². The van der Waals surface area contributed by atoms with Crippen LogP contribution < -0.4 is 0 Å². The lowest BCUT2D eigenvalue weighted by Crippen LogP contribution is -2.48. The molecule has 1 aromatic heterocycles. The number of hydrogen-bond donors (Lipinski definition) is 1. The summed E-state index contributed by atoms with van der Waals surface area (Å²) in [5.74, 6) is -0.505. The molecule has 0 saturated carbocycles. The van der Waals surface area contributed by atoms with Crippen LogP contribution in [0.1, 0.15) is 33.0 Å². The van der Waals surface area contributed by atoms with Gasteiger partial charge in [-0.15, -0.1) is 0 Å². The van der Waals surface area contributed by atoms with Crippen molar-refractivity contribution in [2.45, 2.75) is 32.9 Å². The number of hydrogen-bond acceptors (Lipinski definition) is 3. The summed E-state index contributed by atoms with van der Waals surface area (Å²) in [6, 6.07) is 8.41. The Balaban J connectivity index is 1.97. The molecule has 2 heterocycles. The normalized spacial score (nSPS) is 17.2. The van der Waals surface area contributed by atoms with Crippen molar-refractivity contribution in [3.8, 4) is 0 Å².